The van der Waals surface area contributed by atoms with E-state index in [4.69, 9.17) is 4.42 Å². The SMILES string of the molecule is Cc1nc(CCNC(c2cccnc2)c2cc3ccccc3o2)cs1. The van der Waals surface area contributed by atoms with Crippen molar-refractivity contribution in [3.63, 3.8) is 0 Å². The van der Waals surface area contributed by atoms with Crippen LogP contribution in [0.25, 0.3) is 11.0 Å². The molecule has 0 aliphatic rings. The van der Waals surface area contributed by atoms with Crippen molar-refractivity contribution >= 4 is 22.3 Å². The molecule has 1 atom stereocenters. The number of aryl methyl sites for hydroxylation is 1. The average molecular weight is 349 g/mol. The molecule has 1 unspecified atom stereocenters. The molecule has 1 aromatic carbocycles. The second-order valence-corrected chi connectivity index (χ2v) is 7.03. The highest BCUT2D eigenvalue weighted by Crippen LogP contribution is 2.28. The van der Waals surface area contributed by atoms with Gasteiger partial charge in [0.1, 0.15) is 11.3 Å². The van der Waals surface area contributed by atoms with E-state index in [2.05, 4.69) is 38.9 Å². The van der Waals surface area contributed by atoms with Gasteiger partial charge >= 0.3 is 0 Å². The Morgan fingerprint density at radius 1 is 1.20 bits per heavy atom. The number of pyridine rings is 1. The van der Waals surface area contributed by atoms with E-state index in [-0.39, 0.29) is 6.04 Å². The van der Waals surface area contributed by atoms with Crippen LogP contribution in [0.15, 0.2) is 64.7 Å². The molecule has 0 fully saturated rings. The summed E-state index contributed by atoms with van der Waals surface area (Å²) < 4.78 is 6.09. The molecule has 4 aromatic rings. The van der Waals surface area contributed by atoms with Crippen LogP contribution in [0.4, 0.5) is 0 Å². The lowest BCUT2D eigenvalue weighted by Gasteiger charge is -2.16. The Hall–Kier alpha value is -2.50. The van der Waals surface area contributed by atoms with Crippen molar-refractivity contribution in [2.45, 2.75) is 19.4 Å². The Morgan fingerprint density at radius 3 is 2.88 bits per heavy atom. The van der Waals surface area contributed by atoms with Crippen LogP contribution in [-0.4, -0.2) is 16.5 Å². The summed E-state index contributed by atoms with van der Waals surface area (Å²) in [5.41, 5.74) is 3.13. The molecule has 0 aliphatic heterocycles. The number of aromatic nitrogens is 2. The molecule has 3 heterocycles. The zero-order valence-electron chi connectivity index (χ0n) is 14.0. The highest BCUT2D eigenvalue weighted by molar-refractivity contribution is 7.09. The Morgan fingerprint density at radius 2 is 2.12 bits per heavy atom. The molecule has 4 nitrogen and oxygen atoms in total. The number of hydrogen-bond acceptors (Lipinski definition) is 5. The summed E-state index contributed by atoms with van der Waals surface area (Å²) in [5, 5.41) is 7.95. The summed E-state index contributed by atoms with van der Waals surface area (Å²) >= 11 is 1.69. The lowest BCUT2D eigenvalue weighted by molar-refractivity contribution is 0.470. The van der Waals surface area contributed by atoms with Gasteiger partial charge in [0.25, 0.3) is 0 Å². The predicted molar refractivity (Wildman–Crippen MR) is 101 cm³/mol. The van der Waals surface area contributed by atoms with Gasteiger partial charge in [-0.25, -0.2) is 4.98 Å². The molecule has 126 valence electrons. The van der Waals surface area contributed by atoms with Gasteiger partial charge in [0.2, 0.25) is 0 Å². The number of para-hydroxylation sites is 1. The van der Waals surface area contributed by atoms with Crippen LogP contribution in [0.3, 0.4) is 0 Å². The van der Waals surface area contributed by atoms with Crippen LogP contribution < -0.4 is 5.32 Å². The van der Waals surface area contributed by atoms with E-state index in [0.717, 1.165) is 46.0 Å². The van der Waals surface area contributed by atoms with Gasteiger partial charge in [-0.15, -0.1) is 11.3 Å². The minimum absolute atomic E-state index is 0.0270. The van der Waals surface area contributed by atoms with Crippen molar-refractivity contribution in [2.75, 3.05) is 6.54 Å². The molecule has 4 rings (SSSR count). The fourth-order valence-electron chi connectivity index (χ4n) is 2.94. The maximum atomic E-state index is 6.09. The molecule has 3 aromatic heterocycles. The third-order valence-electron chi connectivity index (χ3n) is 4.14. The first-order valence-corrected chi connectivity index (χ1v) is 9.20. The zero-order chi connectivity index (χ0) is 17.1. The molecule has 0 saturated carbocycles. The molecule has 0 radical (unpaired) electrons. The monoisotopic (exact) mass is 349 g/mol. The molecular formula is C20H19N3OS. The van der Waals surface area contributed by atoms with Crippen molar-refractivity contribution in [3.05, 3.63) is 82.3 Å². The second kappa shape index (κ2) is 7.17. The van der Waals surface area contributed by atoms with E-state index in [1.165, 1.54) is 0 Å². The van der Waals surface area contributed by atoms with Gasteiger partial charge in [-0.2, -0.15) is 0 Å². The summed E-state index contributed by atoms with van der Waals surface area (Å²) in [4.78, 5) is 8.79. The van der Waals surface area contributed by atoms with Gasteiger partial charge in [-0.05, 0) is 30.7 Å². The number of fused-ring (bicyclic) bond motifs is 1. The number of rotatable bonds is 6. The van der Waals surface area contributed by atoms with E-state index in [1.54, 1.807) is 17.5 Å². The third-order valence-corrected chi connectivity index (χ3v) is 4.97. The topological polar surface area (TPSA) is 51.0 Å². The van der Waals surface area contributed by atoms with Gasteiger partial charge in [0.15, 0.2) is 0 Å². The number of furan rings is 1. The molecule has 25 heavy (non-hydrogen) atoms. The largest absolute Gasteiger partial charge is 0.459 e. The highest BCUT2D eigenvalue weighted by Gasteiger charge is 2.18. The Balaban J connectivity index is 1.58. The molecule has 0 aliphatic carbocycles. The van der Waals surface area contributed by atoms with Crippen LogP contribution in [0.2, 0.25) is 0 Å². The lowest BCUT2D eigenvalue weighted by atomic mass is 10.1. The van der Waals surface area contributed by atoms with Crippen molar-refractivity contribution < 1.29 is 4.42 Å². The van der Waals surface area contributed by atoms with Crippen LogP contribution in [0.5, 0.6) is 0 Å². The van der Waals surface area contributed by atoms with Gasteiger partial charge in [-0.3, -0.25) is 4.98 Å². The molecule has 0 bridgehead atoms. The Bertz CT molecular complexity index is 928. The highest BCUT2D eigenvalue weighted by atomic mass is 32.1. The van der Waals surface area contributed by atoms with Crippen molar-refractivity contribution in [3.8, 4) is 0 Å². The van der Waals surface area contributed by atoms with Crippen molar-refractivity contribution in [1.29, 1.82) is 0 Å². The van der Waals surface area contributed by atoms with Crippen LogP contribution in [-0.2, 0) is 6.42 Å². The summed E-state index contributed by atoms with van der Waals surface area (Å²) in [6.45, 7) is 2.86. The van der Waals surface area contributed by atoms with Crippen molar-refractivity contribution in [2.24, 2.45) is 0 Å². The number of nitrogens with zero attached hydrogens (tertiary/aromatic N) is 2. The van der Waals surface area contributed by atoms with E-state index < -0.39 is 0 Å². The zero-order valence-corrected chi connectivity index (χ0v) is 14.8. The summed E-state index contributed by atoms with van der Waals surface area (Å²) in [7, 11) is 0. The summed E-state index contributed by atoms with van der Waals surface area (Å²) in [6.07, 6.45) is 4.57. The molecule has 1 N–H and O–H groups in total. The van der Waals surface area contributed by atoms with E-state index in [0.29, 0.717) is 0 Å². The maximum Gasteiger partial charge on any atom is 0.134 e. The summed E-state index contributed by atoms with van der Waals surface area (Å²) in [5.74, 6) is 0.906. The number of benzene rings is 1. The first kappa shape index (κ1) is 16.0. The second-order valence-electron chi connectivity index (χ2n) is 5.97. The Kier molecular flexibility index (Phi) is 4.59. The van der Waals surface area contributed by atoms with Gasteiger partial charge in [0.05, 0.1) is 16.7 Å². The third kappa shape index (κ3) is 3.62. The lowest BCUT2D eigenvalue weighted by Crippen LogP contribution is -2.24. The minimum Gasteiger partial charge on any atom is -0.459 e. The number of nitrogens with one attached hydrogen (secondary N) is 1. The predicted octanol–water partition coefficient (Wildman–Crippen LogP) is 4.51. The van der Waals surface area contributed by atoms with Gasteiger partial charge in [-0.1, -0.05) is 24.3 Å². The fraction of sp³-hybridized carbons (Fsp3) is 0.200. The van der Waals surface area contributed by atoms with Crippen LogP contribution in [0, 0.1) is 6.92 Å². The summed E-state index contributed by atoms with van der Waals surface area (Å²) in [6, 6.07) is 14.2. The Labute approximate surface area is 150 Å². The van der Waals surface area contributed by atoms with Gasteiger partial charge in [0, 0.05) is 36.1 Å². The van der Waals surface area contributed by atoms with Crippen LogP contribution >= 0.6 is 11.3 Å². The van der Waals surface area contributed by atoms with E-state index in [1.807, 2.05) is 37.4 Å². The van der Waals surface area contributed by atoms with E-state index in [9.17, 15) is 0 Å². The molecule has 0 amide bonds. The molecular weight excluding hydrogens is 330 g/mol. The normalized spacial score (nSPS) is 12.5. The first-order chi connectivity index (χ1) is 12.3. The van der Waals surface area contributed by atoms with Gasteiger partial charge < -0.3 is 9.73 Å². The molecule has 0 spiro atoms. The molecule has 5 heteroatoms. The van der Waals surface area contributed by atoms with Crippen LogP contribution in [0.1, 0.15) is 28.1 Å². The number of hydrogen-bond donors (Lipinski definition) is 1. The standard InChI is InChI=1S/C20H19N3OS/c1-14-23-17(13-25-14)8-10-22-20(16-6-4-9-21-12-16)19-11-15-5-2-3-7-18(15)24-19/h2-7,9,11-13,20,22H,8,10H2,1H3. The number of thiazole rings is 1. The fourth-order valence-corrected chi connectivity index (χ4v) is 3.59. The average Bonchev–Trinajstić information content (AvgIpc) is 3.25. The quantitative estimate of drug-likeness (QED) is 0.556. The molecule has 0 saturated heterocycles. The minimum atomic E-state index is -0.0270. The smallest absolute Gasteiger partial charge is 0.134 e. The van der Waals surface area contributed by atoms with Crippen molar-refractivity contribution in [1.82, 2.24) is 15.3 Å². The maximum absolute atomic E-state index is 6.09. The van der Waals surface area contributed by atoms with E-state index >= 15 is 0 Å². The first-order valence-electron chi connectivity index (χ1n) is 8.32.